The number of ether oxygens (including phenoxy) is 1. The molecular weight excluding hydrogens is 206 g/mol. The van der Waals surface area contributed by atoms with E-state index in [9.17, 15) is 9.59 Å². The number of Topliss-reactive ketones (excluding diaryl/α,β-unsaturated/α-hetero) is 1. The molecule has 0 aromatic rings. The summed E-state index contributed by atoms with van der Waals surface area (Å²) >= 11 is 0. The van der Waals surface area contributed by atoms with Crippen molar-refractivity contribution >= 4 is 11.9 Å². The van der Waals surface area contributed by atoms with Crippen LogP contribution in [0.25, 0.3) is 0 Å². The van der Waals surface area contributed by atoms with Gasteiger partial charge in [-0.15, -0.1) is 0 Å². The molecule has 1 saturated carbocycles. The molecule has 1 amide bonds. The molecule has 1 rings (SSSR count). The van der Waals surface area contributed by atoms with Crippen LogP contribution in [0.3, 0.4) is 0 Å². The highest BCUT2D eigenvalue weighted by atomic mass is 16.5. The maximum atomic E-state index is 11.1. The fourth-order valence-electron chi connectivity index (χ4n) is 1.50. The second-order valence-electron chi connectivity index (χ2n) is 4.27. The van der Waals surface area contributed by atoms with Crippen molar-refractivity contribution in [2.24, 2.45) is 0 Å². The van der Waals surface area contributed by atoms with E-state index in [-0.39, 0.29) is 11.8 Å². The van der Waals surface area contributed by atoms with Gasteiger partial charge in [-0.25, -0.2) is 4.79 Å². The predicted octanol–water partition coefficient (Wildman–Crippen LogP) is 2.41. The van der Waals surface area contributed by atoms with Gasteiger partial charge in [0.05, 0.1) is 12.6 Å². The molecule has 0 saturated heterocycles. The lowest BCUT2D eigenvalue weighted by molar-refractivity contribution is -0.110. The normalized spacial score (nSPS) is 18.3. The SMILES string of the molecule is CCCCCCCCOC(=O)NC1CC1=O. The summed E-state index contributed by atoms with van der Waals surface area (Å²) in [6.07, 6.45) is 7.03. The van der Waals surface area contributed by atoms with Crippen LogP contribution in [-0.2, 0) is 9.53 Å². The third kappa shape index (κ3) is 5.73. The van der Waals surface area contributed by atoms with Crippen molar-refractivity contribution in [3.8, 4) is 0 Å². The summed E-state index contributed by atoms with van der Waals surface area (Å²) in [5.74, 6) is 0.0940. The molecule has 4 heteroatoms. The van der Waals surface area contributed by atoms with E-state index < -0.39 is 6.09 Å². The summed E-state index contributed by atoms with van der Waals surface area (Å²) in [6, 6.07) is -0.267. The van der Waals surface area contributed by atoms with Gasteiger partial charge in [0, 0.05) is 6.42 Å². The quantitative estimate of drug-likeness (QED) is 0.648. The van der Waals surface area contributed by atoms with Gasteiger partial charge in [0.1, 0.15) is 0 Å². The number of hydrogen-bond donors (Lipinski definition) is 1. The first-order valence-corrected chi connectivity index (χ1v) is 6.20. The van der Waals surface area contributed by atoms with Gasteiger partial charge in [0.15, 0.2) is 5.78 Å². The fraction of sp³-hybridized carbons (Fsp3) is 0.833. The summed E-state index contributed by atoms with van der Waals surface area (Å²) in [7, 11) is 0. The molecule has 16 heavy (non-hydrogen) atoms. The standard InChI is InChI=1S/C12H21NO3/c1-2-3-4-5-6-7-8-16-12(15)13-10-9-11(10)14/h10H,2-9H2,1H3,(H,13,15). The highest BCUT2D eigenvalue weighted by Crippen LogP contribution is 2.13. The van der Waals surface area contributed by atoms with Crippen molar-refractivity contribution in [3.63, 3.8) is 0 Å². The Morgan fingerprint density at radius 3 is 2.56 bits per heavy atom. The number of ketones is 1. The zero-order chi connectivity index (χ0) is 11.8. The highest BCUT2D eigenvalue weighted by molar-refractivity contribution is 6.02. The Morgan fingerprint density at radius 2 is 1.94 bits per heavy atom. The molecule has 0 aromatic carbocycles. The van der Waals surface area contributed by atoms with Crippen LogP contribution in [0.1, 0.15) is 51.9 Å². The Labute approximate surface area is 96.7 Å². The summed E-state index contributed by atoms with van der Waals surface area (Å²) in [4.78, 5) is 21.7. The molecule has 1 aliphatic carbocycles. The van der Waals surface area contributed by atoms with Crippen LogP contribution >= 0.6 is 0 Å². The Morgan fingerprint density at radius 1 is 1.31 bits per heavy atom. The third-order valence-electron chi connectivity index (χ3n) is 2.66. The number of nitrogens with one attached hydrogen (secondary N) is 1. The zero-order valence-electron chi connectivity index (χ0n) is 9.96. The van der Waals surface area contributed by atoms with Crippen LogP contribution < -0.4 is 5.32 Å². The van der Waals surface area contributed by atoms with Crippen molar-refractivity contribution in [1.82, 2.24) is 5.32 Å². The van der Waals surface area contributed by atoms with Crippen LogP contribution in [0.2, 0.25) is 0 Å². The average molecular weight is 227 g/mol. The lowest BCUT2D eigenvalue weighted by Gasteiger charge is -2.04. The molecule has 0 aromatic heterocycles. The smallest absolute Gasteiger partial charge is 0.407 e. The fourth-order valence-corrected chi connectivity index (χ4v) is 1.50. The summed E-state index contributed by atoms with van der Waals surface area (Å²) < 4.78 is 4.95. The molecule has 1 atom stereocenters. The first-order valence-electron chi connectivity index (χ1n) is 6.20. The number of unbranched alkanes of at least 4 members (excludes halogenated alkanes) is 5. The van der Waals surface area contributed by atoms with E-state index in [1.165, 1.54) is 25.7 Å². The van der Waals surface area contributed by atoms with Crippen molar-refractivity contribution in [3.05, 3.63) is 0 Å². The first-order chi connectivity index (χ1) is 7.74. The molecule has 0 spiro atoms. The second-order valence-corrected chi connectivity index (χ2v) is 4.27. The molecule has 92 valence electrons. The Kier molecular flexibility index (Phi) is 5.90. The number of carbonyl (C=O) groups is 2. The Bertz CT molecular complexity index is 240. The zero-order valence-corrected chi connectivity index (χ0v) is 9.96. The Balaban J connectivity index is 1.83. The van der Waals surface area contributed by atoms with E-state index in [1.54, 1.807) is 0 Å². The van der Waals surface area contributed by atoms with Gasteiger partial charge in [0.2, 0.25) is 0 Å². The lowest BCUT2D eigenvalue weighted by Crippen LogP contribution is -2.27. The average Bonchev–Trinajstić information content (AvgIpc) is 2.93. The van der Waals surface area contributed by atoms with Gasteiger partial charge in [-0.1, -0.05) is 39.0 Å². The topological polar surface area (TPSA) is 55.4 Å². The summed E-state index contributed by atoms with van der Waals surface area (Å²) in [5, 5.41) is 2.50. The van der Waals surface area contributed by atoms with Gasteiger partial charge < -0.3 is 10.1 Å². The van der Waals surface area contributed by atoms with Crippen LogP contribution in [0.15, 0.2) is 0 Å². The minimum absolute atomic E-state index is 0.0940. The molecule has 1 N–H and O–H groups in total. The number of hydrogen-bond acceptors (Lipinski definition) is 3. The predicted molar refractivity (Wildman–Crippen MR) is 61.3 cm³/mol. The first kappa shape index (κ1) is 13.0. The van der Waals surface area contributed by atoms with E-state index in [0.29, 0.717) is 13.0 Å². The second kappa shape index (κ2) is 7.25. The minimum atomic E-state index is -0.454. The number of rotatable bonds is 8. The van der Waals surface area contributed by atoms with Crippen molar-refractivity contribution < 1.29 is 14.3 Å². The van der Waals surface area contributed by atoms with Crippen molar-refractivity contribution in [2.45, 2.75) is 57.9 Å². The van der Waals surface area contributed by atoms with Crippen LogP contribution in [0.5, 0.6) is 0 Å². The van der Waals surface area contributed by atoms with Crippen molar-refractivity contribution in [2.75, 3.05) is 6.61 Å². The van der Waals surface area contributed by atoms with Crippen molar-refractivity contribution in [1.29, 1.82) is 0 Å². The Hall–Kier alpha value is -1.06. The molecule has 0 heterocycles. The molecule has 0 radical (unpaired) electrons. The van der Waals surface area contributed by atoms with Crippen LogP contribution in [-0.4, -0.2) is 24.5 Å². The van der Waals surface area contributed by atoms with E-state index >= 15 is 0 Å². The summed E-state index contributed by atoms with van der Waals surface area (Å²) in [5.41, 5.74) is 0. The van der Waals surface area contributed by atoms with E-state index in [0.717, 1.165) is 12.8 Å². The van der Waals surface area contributed by atoms with E-state index in [1.807, 2.05) is 0 Å². The minimum Gasteiger partial charge on any atom is -0.450 e. The third-order valence-corrected chi connectivity index (χ3v) is 2.66. The van der Waals surface area contributed by atoms with Gasteiger partial charge in [0.25, 0.3) is 0 Å². The van der Waals surface area contributed by atoms with Gasteiger partial charge in [-0.2, -0.15) is 0 Å². The number of amides is 1. The van der Waals surface area contributed by atoms with E-state index in [4.69, 9.17) is 4.74 Å². The molecular formula is C12H21NO3. The molecule has 4 nitrogen and oxygen atoms in total. The molecule has 1 fully saturated rings. The maximum Gasteiger partial charge on any atom is 0.407 e. The largest absolute Gasteiger partial charge is 0.450 e. The molecule has 1 aliphatic rings. The number of alkyl carbamates (subject to hydrolysis) is 1. The highest BCUT2D eigenvalue weighted by Gasteiger charge is 2.36. The van der Waals surface area contributed by atoms with Gasteiger partial charge in [-0.05, 0) is 6.42 Å². The maximum absolute atomic E-state index is 11.1. The monoisotopic (exact) mass is 227 g/mol. The summed E-state index contributed by atoms with van der Waals surface area (Å²) in [6.45, 7) is 2.64. The molecule has 1 unspecified atom stereocenters. The molecule has 0 bridgehead atoms. The van der Waals surface area contributed by atoms with Gasteiger partial charge >= 0.3 is 6.09 Å². The lowest BCUT2D eigenvalue weighted by atomic mass is 10.1. The van der Waals surface area contributed by atoms with E-state index in [2.05, 4.69) is 12.2 Å². The van der Waals surface area contributed by atoms with Crippen LogP contribution in [0.4, 0.5) is 4.79 Å². The van der Waals surface area contributed by atoms with Crippen LogP contribution in [0, 0.1) is 0 Å². The molecule has 0 aliphatic heterocycles. The number of carbonyl (C=O) groups excluding carboxylic acids is 2. The van der Waals surface area contributed by atoms with Gasteiger partial charge in [-0.3, -0.25) is 4.79 Å².